The number of carbonyl (C=O) groups excluding carboxylic acids is 2. The number of amides is 2. The molecule has 0 bridgehead atoms. The van der Waals surface area contributed by atoms with Crippen LogP contribution < -0.4 is 5.32 Å². The van der Waals surface area contributed by atoms with E-state index in [2.05, 4.69) is 15.3 Å². The standard InChI is InChI=1S/C30H28N4O3/c1-4-23(34(2)3)31-28(35)22-12-8-11-21(17-22)27-25-24(29(36)33-27)26(32-30(25)37)20-15-13-19(14-16-20)18-9-6-5-7-10-18/h5-17,23,33,36H,4H2,1-3H3,(H,31,35). The summed E-state index contributed by atoms with van der Waals surface area (Å²) in [5.41, 5.74) is 5.48. The molecule has 4 aromatic rings. The largest absolute Gasteiger partial charge is 0.494 e. The van der Waals surface area contributed by atoms with Gasteiger partial charge < -0.3 is 15.4 Å². The zero-order valence-electron chi connectivity index (χ0n) is 20.9. The van der Waals surface area contributed by atoms with Gasteiger partial charge in [0.1, 0.15) is 0 Å². The first-order valence-electron chi connectivity index (χ1n) is 12.2. The van der Waals surface area contributed by atoms with Crippen molar-refractivity contribution in [2.75, 3.05) is 14.1 Å². The predicted molar refractivity (Wildman–Crippen MR) is 145 cm³/mol. The molecule has 3 aromatic carbocycles. The van der Waals surface area contributed by atoms with Crippen molar-refractivity contribution in [2.45, 2.75) is 19.5 Å². The molecule has 7 nitrogen and oxygen atoms in total. The smallest absolute Gasteiger partial charge is 0.280 e. The van der Waals surface area contributed by atoms with Crippen LogP contribution in [-0.4, -0.2) is 52.8 Å². The fourth-order valence-corrected chi connectivity index (χ4v) is 4.67. The molecule has 3 N–H and O–H groups in total. The topological polar surface area (TPSA) is 97.8 Å². The first-order chi connectivity index (χ1) is 17.9. The van der Waals surface area contributed by atoms with Crippen LogP contribution in [0, 0.1) is 0 Å². The van der Waals surface area contributed by atoms with E-state index in [4.69, 9.17) is 0 Å². The molecule has 1 unspecified atom stereocenters. The summed E-state index contributed by atoms with van der Waals surface area (Å²) in [5.74, 6) is -0.774. The maximum absolute atomic E-state index is 13.0. The van der Waals surface area contributed by atoms with E-state index in [0.717, 1.165) is 23.1 Å². The van der Waals surface area contributed by atoms with Gasteiger partial charge in [-0.1, -0.05) is 73.7 Å². The highest BCUT2D eigenvalue weighted by Gasteiger charge is 2.33. The number of nitrogens with zero attached hydrogens (tertiary/aromatic N) is 2. The van der Waals surface area contributed by atoms with Crippen molar-refractivity contribution in [1.29, 1.82) is 0 Å². The molecule has 0 saturated carbocycles. The maximum atomic E-state index is 13.0. The lowest BCUT2D eigenvalue weighted by molar-refractivity contribution is 0.0887. The monoisotopic (exact) mass is 492 g/mol. The average Bonchev–Trinajstić information content (AvgIpc) is 3.45. The van der Waals surface area contributed by atoms with Crippen LogP contribution in [0.2, 0.25) is 0 Å². The Morgan fingerprint density at radius 1 is 0.919 bits per heavy atom. The fourth-order valence-electron chi connectivity index (χ4n) is 4.67. The molecule has 2 heterocycles. The van der Waals surface area contributed by atoms with Gasteiger partial charge in [-0.2, -0.15) is 0 Å². The van der Waals surface area contributed by atoms with E-state index in [1.54, 1.807) is 24.3 Å². The number of hydrogen-bond donors (Lipinski definition) is 3. The molecule has 1 aromatic heterocycles. The Hall–Kier alpha value is -4.49. The van der Waals surface area contributed by atoms with Crippen molar-refractivity contribution in [3.8, 4) is 28.3 Å². The maximum Gasteiger partial charge on any atom is 0.280 e. The lowest BCUT2D eigenvalue weighted by Crippen LogP contribution is -2.44. The summed E-state index contributed by atoms with van der Waals surface area (Å²) < 4.78 is 0. The van der Waals surface area contributed by atoms with Crippen molar-refractivity contribution in [3.05, 3.63) is 101 Å². The van der Waals surface area contributed by atoms with E-state index in [0.29, 0.717) is 33.7 Å². The normalized spacial score (nSPS) is 13.4. The van der Waals surface area contributed by atoms with Crippen LogP contribution >= 0.6 is 0 Å². The third kappa shape index (κ3) is 4.57. The Labute approximate surface area is 215 Å². The van der Waals surface area contributed by atoms with E-state index < -0.39 is 5.91 Å². The van der Waals surface area contributed by atoms with Crippen molar-refractivity contribution >= 4 is 17.5 Å². The first-order valence-corrected chi connectivity index (χ1v) is 12.2. The fraction of sp³-hybridized carbons (Fsp3) is 0.167. The van der Waals surface area contributed by atoms with Crippen molar-refractivity contribution in [3.63, 3.8) is 0 Å². The van der Waals surface area contributed by atoms with E-state index in [9.17, 15) is 14.7 Å². The van der Waals surface area contributed by atoms with Crippen LogP contribution in [0.5, 0.6) is 5.88 Å². The van der Waals surface area contributed by atoms with E-state index in [1.165, 1.54) is 0 Å². The second kappa shape index (κ2) is 9.87. The molecular formula is C30H28N4O3. The molecule has 0 radical (unpaired) electrons. The number of H-pyrrole nitrogens is 1. The van der Waals surface area contributed by atoms with Crippen molar-refractivity contribution in [2.24, 2.45) is 4.99 Å². The molecule has 7 heteroatoms. The van der Waals surface area contributed by atoms with Crippen LogP contribution in [0.15, 0.2) is 83.9 Å². The highest BCUT2D eigenvalue weighted by atomic mass is 16.3. The molecule has 0 aliphatic carbocycles. The average molecular weight is 493 g/mol. The summed E-state index contributed by atoms with van der Waals surface area (Å²) in [6, 6.07) is 24.7. The van der Waals surface area contributed by atoms with Crippen molar-refractivity contribution < 1.29 is 14.7 Å². The van der Waals surface area contributed by atoms with Gasteiger partial charge in [-0.05, 0) is 49.3 Å². The summed E-state index contributed by atoms with van der Waals surface area (Å²) in [6.45, 7) is 2.00. The Kier molecular flexibility index (Phi) is 6.46. The summed E-state index contributed by atoms with van der Waals surface area (Å²) in [7, 11) is 3.82. The molecule has 5 rings (SSSR count). The summed E-state index contributed by atoms with van der Waals surface area (Å²) in [4.78, 5) is 35.1. The number of fused-ring (bicyclic) bond motifs is 1. The van der Waals surface area contributed by atoms with Gasteiger partial charge in [-0.25, -0.2) is 4.99 Å². The number of aromatic amines is 1. The molecule has 2 amide bonds. The highest BCUT2D eigenvalue weighted by molar-refractivity contribution is 6.30. The minimum absolute atomic E-state index is 0.0965. The van der Waals surface area contributed by atoms with Crippen LogP contribution in [0.25, 0.3) is 22.4 Å². The lowest BCUT2D eigenvalue weighted by Gasteiger charge is -2.24. The Bertz CT molecular complexity index is 1500. The van der Waals surface area contributed by atoms with E-state index in [-0.39, 0.29) is 18.0 Å². The van der Waals surface area contributed by atoms with Crippen LogP contribution in [0.3, 0.4) is 0 Å². The lowest BCUT2D eigenvalue weighted by atomic mass is 9.97. The number of hydrogen-bond acceptors (Lipinski definition) is 4. The predicted octanol–water partition coefficient (Wildman–Crippen LogP) is 5.07. The van der Waals surface area contributed by atoms with Gasteiger partial charge in [0.2, 0.25) is 0 Å². The van der Waals surface area contributed by atoms with Crippen LogP contribution in [-0.2, 0) is 0 Å². The Morgan fingerprint density at radius 2 is 1.57 bits per heavy atom. The molecule has 1 aliphatic heterocycles. The molecule has 186 valence electrons. The number of rotatable bonds is 7. The van der Waals surface area contributed by atoms with Gasteiger partial charge in [-0.3, -0.25) is 14.5 Å². The summed E-state index contributed by atoms with van der Waals surface area (Å²) >= 11 is 0. The summed E-state index contributed by atoms with van der Waals surface area (Å²) in [6.07, 6.45) is 0.665. The van der Waals surface area contributed by atoms with E-state index >= 15 is 0 Å². The molecular weight excluding hydrogens is 464 g/mol. The third-order valence-electron chi connectivity index (χ3n) is 6.63. The quantitative estimate of drug-likeness (QED) is 0.314. The van der Waals surface area contributed by atoms with Crippen LogP contribution in [0.4, 0.5) is 0 Å². The molecule has 37 heavy (non-hydrogen) atoms. The van der Waals surface area contributed by atoms with Gasteiger partial charge in [0.05, 0.1) is 28.7 Å². The Balaban J connectivity index is 1.46. The molecule has 1 aliphatic rings. The summed E-state index contributed by atoms with van der Waals surface area (Å²) in [5, 5.41) is 13.8. The van der Waals surface area contributed by atoms with Gasteiger partial charge >= 0.3 is 0 Å². The number of benzene rings is 3. The zero-order chi connectivity index (χ0) is 26.1. The molecule has 1 atom stereocenters. The molecule has 0 fully saturated rings. The number of aromatic nitrogens is 1. The first kappa shape index (κ1) is 24.2. The number of nitrogens with one attached hydrogen (secondary N) is 2. The number of carbonyl (C=O) groups is 2. The number of aliphatic imine (C=N–C) groups is 1. The zero-order valence-corrected chi connectivity index (χ0v) is 20.9. The van der Waals surface area contributed by atoms with Gasteiger partial charge in [0.25, 0.3) is 11.8 Å². The SMILES string of the molecule is CCC(NC(=O)c1cccc(-c2[nH]c(O)c3c2C(=O)N=C3c2ccc(-c3ccccc3)cc2)c1)N(C)C. The third-order valence-corrected chi connectivity index (χ3v) is 6.63. The van der Waals surface area contributed by atoms with Crippen LogP contribution in [0.1, 0.15) is 45.2 Å². The number of aromatic hydroxyl groups is 1. The van der Waals surface area contributed by atoms with Gasteiger partial charge in [-0.15, -0.1) is 0 Å². The molecule has 0 saturated heterocycles. The van der Waals surface area contributed by atoms with E-state index in [1.807, 2.05) is 80.5 Å². The minimum Gasteiger partial charge on any atom is -0.494 e. The van der Waals surface area contributed by atoms with Crippen molar-refractivity contribution in [1.82, 2.24) is 15.2 Å². The molecule has 0 spiro atoms. The Morgan fingerprint density at radius 3 is 2.24 bits per heavy atom. The minimum atomic E-state index is -0.433. The second-order valence-electron chi connectivity index (χ2n) is 9.25. The second-order valence-corrected chi connectivity index (χ2v) is 9.25. The van der Waals surface area contributed by atoms with Gasteiger partial charge in [0.15, 0.2) is 5.88 Å². The van der Waals surface area contributed by atoms with Gasteiger partial charge in [0, 0.05) is 11.1 Å². The highest BCUT2D eigenvalue weighted by Crippen LogP contribution is 2.38.